The predicted octanol–water partition coefficient (Wildman–Crippen LogP) is 5.07. The number of benzene rings is 1. The van der Waals surface area contributed by atoms with Crippen LogP contribution < -0.4 is 15.8 Å². The molecule has 1 aliphatic rings. The van der Waals surface area contributed by atoms with Crippen LogP contribution in [0.1, 0.15) is 25.1 Å². The lowest BCUT2D eigenvalue weighted by atomic mass is 10.1. The van der Waals surface area contributed by atoms with Crippen LogP contribution in [-0.2, 0) is 17.5 Å². The number of aryl methyl sites for hydroxylation is 1. The number of anilines is 2. The first-order valence-corrected chi connectivity index (χ1v) is 12.4. The van der Waals surface area contributed by atoms with Gasteiger partial charge in [0.15, 0.2) is 5.13 Å². The van der Waals surface area contributed by atoms with E-state index in [4.69, 9.17) is 16.3 Å². The van der Waals surface area contributed by atoms with Crippen molar-refractivity contribution in [3.63, 3.8) is 0 Å². The number of halogens is 4. The maximum atomic E-state index is 13.5. The summed E-state index contributed by atoms with van der Waals surface area (Å²) in [4.78, 5) is 24.6. The van der Waals surface area contributed by atoms with Crippen LogP contribution in [0.25, 0.3) is 11.4 Å². The first kappa shape index (κ1) is 25.5. The molecule has 0 spiro atoms. The van der Waals surface area contributed by atoms with E-state index in [0.717, 1.165) is 17.3 Å². The quantitative estimate of drug-likeness (QED) is 0.462. The average molecular weight is 528 g/mol. The highest BCUT2D eigenvalue weighted by Crippen LogP contribution is 2.35. The van der Waals surface area contributed by atoms with E-state index in [0.29, 0.717) is 31.1 Å². The van der Waals surface area contributed by atoms with Gasteiger partial charge in [-0.25, -0.2) is 9.97 Å². The minimum atomic E-state index is -4.52. The zero-order chi connectivity index (χ0) is 25.3. The molecule has 0 unspecified atom stereocenters. The van der Waals surface area contributed by atoms with Gasteiger partial charge in [0.1, 0.15) is 11.5 Å². The molecule has 0 bridgehead atoms. The van der Waals surface area contributed by atoms with E-state index in [1.807, 2.05) is 12.3 Å². The fourth-order valence-electron chi connectivity index (χ4n) is 4.21. The molecule has 1 saturated heterocycles. The van der Waals surface area contributed by atoms with Crippen LogP contribution in [0.3, 0.4) is 0 Å². The van der Waals surface area contributed by atoms with Crippen LogP contribution >= 0.6 is 22.9 Å². The second-order valence-electron chi connectivity index (χ2n) is 8.10. The molecule has 4 rings (SSSR count). The van der Waals surface area contributed by atoms with Crippen LogP contribution in [0.4, 0.5) is 24.0 Å². The molecule has 2 aromatic heterocycles. The van der Waals surface area contributed by atoms with Gasteiger partial charge in [0.25, 0.3) is 5.56 Å². The van der Waals surface area contributed by atoms with E-state index in [2.05, 4.69) is 20.2 Å². The molecule has 3 heterocycles. The molecule has 12 heteroatoms. The molecule has 0 aliphatic carbocycles. The number of hydrogen-bond donors (Lipinski definition) is 1. The lowest BCUT2D eigenvalue weighted by Crippen LogP contribution is -2.38. The summed E-state index contributed by atoms with van der Waals surface area (Å²) in [5.41, 5.74) is -0.173. The molecule has 188 valence electrons. The fourth-order valence-corrected chi connectivity index (χ4v) is 5.14. The number of nitrogens with zero attached hydrogens (tertiary/aromatic N) is 4. The molecule has 0 radical (unpaired) electrons. The van der Waals surface area contributed by atoms with Gasteiger partial charge in [0.05, 0.1) is 28.4 Å². The average Bonchev–Trinajstić information content (AvgIpc) is 3.46. The van der Waals surface area contributed by atoms with Crippen molar-refractivity contribution < 1.29 is 17.9 Å². The molecular weight excluding hydrogens is 503 g/mol. The van der Waals surface area contributed by atoms with Crippen molar-refractivity contribution in [2.24, 2.45) is 0 Å². The van der Waals surface area contributed by atoms with Crippen LogP contribution in [0.15, 0.2) is 34.6 Å². The summed E-state index contributed by atoms with van der Waals surface area (Å²) in [6, 6.07) is 2.86. The van der Waals surface area contributed by atoms with Crippen molar-refractivity contribution in [3.05, 3.63) is 56.4 Å². The second kappa shape index (κ2) is 10.2. The minimum Gasteiger partial charge on any atom is -0.374 e. The molecular formula is C23H25ClF3N5O2S. The Kier molecular flexibility index (Phi) is 7.39. The van der Waals surface area contributed by atoms with E-state index in [-0.39, 0.29) is 40.7 Å². The van der Waals surface area contributed by atoms with E-state index in [1.54, 1.807) is 20.0 Å². The van der Waals surface area contributed by atoms with Crippen LogP contribution in [-0.4, -0.2) is 46.4 Å². The summed E-state index contributed by atoms with van der Waals surface area (Å²) in [5.74, 6) is 0.219. The van der Waals surface area contributed by atoms with Gasteiger partial charge in [-0.2, -0.15) is 13.2 Å². The van der Waals surface area contributed by atoms with Crippen LogP contribution in [0.5, 0.6) is 0 Å². The first-order chi connectivity index (χ1) is 16.6. The van der Waals surface area contributed by atoms with Crippen molar-refractivity contribution in [3.8, 4) is 11.4 Å². The second-order valence-corrected chi connectivity index (χ2v) is 9.38. The summed E-state index contributed by atoms with van der Waals surface area (Å²) in [7, 11) is 0. The molecule has 1 aromatic carbocycles. The Bertz CT molecular complexity index is 1250. The van der Waals surface area contributed by atoms with Crippen LogP contribution in [0, 0.1) is 6.92 Å². The number of ether oxygens (including phenoxy) is 1. The molecule has 3 aromatic rings. The number of rotatable bonds is 7. The highest BCUT2D eigenvalue weighted by atomic mass is 35.5. The van der Waals surface area contributed by atoms with Gasteiger partial charge in [-0.1, -0.05) is 11.6 Å². The first-order valence-electron chi connectivity index (χ1n) is 11.1. The Morgan fingerprint density at radius 3 is 2.66 bits per heavy atom. The number of alkyl halides is 3. The van der Waals surface area contributed by atoms with Gasteiger partial charge in [0, 0.05) is 43.4 Å². The Morgan fingerprint density at radius 2 is 2.06 bits per heavy atom. The summed E-state index contributed by atoms with van der Waals surface area (Å²) in [5, 5.41) is 6.00. The van der Waals surface area contributed by atoms with Gasteiger partial charge < -0.3 is 15.0 Å². The van der Waals surface area contributed by atoms with Crippen molar-refractivity contribution in [1.29, 1.82) is 0 Å². The predicted molar refractivity (Wildman–Crippen MR) is 132 cm³/mol. The maximum absolute atomic E-state index is 13.5. The summed E-state index contributed by atoms with van der Waals surface area (Å²) >= 11 is 7.74. The zero-order valence-electron chi connectivity index (χ0n) is 19.4. The standard InChI is InChI=1S/C23H25ClF3N5O2S/c1-4-32-20(15-7-6-14(10-16(15)24)23(25,26)27)29-13(3)19(21(32)33)30-17-11-31(12-18(17)34-5-2)22-28-8-9-35-22/h6-10,17-18,30H,4-5,11-12H2,1-3H3/t17-,18-/m1/s1. The zero-order valence-corrected chi connectivity index (χ0v) is 21.0. The minimum absolute atomic E-state index is 0.125. The molecule has 1 fully saturated rings. The van der Waals surface area contributed by atoms with Crippen molar-refractivity contribution in [2.75, 3.05) is 29.9 Å². The topological polar surface area (TPSA) is 72.3 Å². The summed E-state index contributed by atoms with van der Waals surface area (Å²) < 4.78 is 46.6. The molecule has 35 heavy (non-hydrogen) atoms. The van der Waals surface area contributed by atoms with Crippen LogP contribution in [0.2, 0.25) is 5.02 Å². The number of thiazole rings is 1. The molecule has 2 atom stereocenters. The molecule has 1 N–H and O–H groups in total. The Balaban J connectivity index is 1.68. The lowest BCUT2D eigenvalue weighted by Gasteiger charge is -2.22. The lowest BCUT2D eigenvalue weighted by molar-refractivity contribution is -0.137. The third-order valence-electron chi connectivity index (χ3n) is 5.87. The van der Waals surface area contributed by atoms with Gasteiger partial charge >= 0.3 is 6.18 Å². The third kappa shape index (κ3) is 5.17. The number of hydrogen-bond acceptors (Lipinski definition) is 7. The Morgan fingerprint density at radius 1 is 1.29 bits per heavy atom. The van der Waals surface area contributed by atoms with Crippen molar-refractivity contribution >= 4 is 33.8 Å². The van der Waals surface area contributed by atoms with E-state index < -0.39 is 11.7 Å². The Labute approximate surface area is 209 Å². The van der Waals surface area contributed by atoms with E-state index in [9.17, 15) is 18.0 Å². The number of aromatic nitrogens is 3. The van der Waals surface area contributed by atoms with E-state index >= 15 is 0 Å². The monoisotopic (exact) mass is 527 g/mol. The number of nitrogens with one attached hydrogen (secondary N) is 1. The SMILES string of the molecule is CCO[C@@H]1CN(c2nccs2)C[C@H]1Nc1c(C)nc(-c2ccc(C(F)(F)F)cc2Cl)n(CC)c1=O. The summed E-state index contributed by atoms with van der Waals surface area (Å²) in [6.45, 7) is 7.39. The fraction of sp³-hybridized carbons (Fsp3) is 0.435. The largest absolute Gasteiger partial charge is 0.416 e. The Hall–Kier alpha value is -2.63. The normalized spacial score (nSPS) is 18.3. The van der Waals surface area contributed by atoms with Gasteiger partial charge in [-0.05, 0) is 39.0 Å². The third-order valence-corrected chi connectivity index (χ3v) is 7.02. The smallest absolute Gasteiger partial charge is 0.374 e. The highest BCUT2D eigenvalue weighted by Gasteiger charge is 2.36. The molecule has 1 aliphatic heterocycles. The van der Waals surface area contributed by atoms with Gasteiger partial charge in [0.2, 0.25) is 0 Å². The van der Waals surface area contributed by atoms with Crippen molar-refractivity contribution in [2.45, 2.75) is 45.6 Å². The van der Waals surface area contributed by atoms with Crippen molar-refractivity contribution in [1.82, 2.24) is 14.5 Å². The molecule has 7 nitrogen and oxygen atoms in total. The summed E-state index contributed by atoms with van der Waals surface area (Å²) in [6.07, 6.45) is -2.94. The van der Waals surface area contributed by atoms with Gasteiger partial charge in [-0.15, -0.1) is 11.3 Å². The van der Waals surface area contributed by atoms with E-state index in [1.165, 1.54) is 22.0 Å². The highest BCUT2D eigenvalue weighted by molar-refractivity contribution is 7.13. The molecule has 0 amide bonds. The van der Waals surface area contributed by atoms with Gasteiger partial charge in [-0.3, -0.25) is 9.36 Å². The molecule has 0 saturated carbocycles. The maximum Gasteiger partial charge on any atom is 0.416 e.